The first kappa shape index (κ1) is 16.7. The summed E-state index contributed by atoms with van der Waals surface area (Å²) < 4.78 is 20.8. The smallest absolute Gasteiger partial charge is 0.136 e. The van der Waals surface area contributed by atoms with Gasteiger partial charge in [0.25, 0.3) is 0 Å². The number of rotatable bonds is 6. The van der Waals surface area contributed by atoms with Crippen LogP contribution in [0.3, 0.4) is 0 Å². The van der Waals surface area contributed by atoms with Gasteiger partial charge in [0.05, 0.1) is 6.10 Å². The average Bonchev–Trinajstić information content (AvgIpc) is 2.91. The number of nitrogens with one attached hydrogen (secondary N) is 1. The Labute approximate surface area is 131 Å². The number of hydrogen-bond donors (Lipinski definition) is 1. The monoisotopic (exact) mass is 309 g/mol. The zero-order valence-corrected chi connectivity index (χ0v) is 14.2. The summed E-state index contributed by atoms with van der Waals surface area (Å²) in [6, 6.07) is 8.28. The van der Waals surface area contributed by atoms with Crippen molar-refractivity contribution in [2.45, 2.75) is 63.7 Å². The van der Waals surface area contributed by atoms with Gasteiger partial charge in [-0.3, -0.25) is 0 Å². The largest absolute Gasteiger partial charge is 0.598 e. The van der Waals surface area contributed by atoms with Crippen molar-refractivity contribution in [3.05, 3.63) is 29.8 Å². The van der Waals surface area contributed by atoms with Gasteiger partial charge >= 0.3 is 0 Å². The predicted molar refractivity (Wildman–Crippen MR) is 88.9 cm³/mol. The molecular formula is C17H27NO2S. The topological polar surface area (TPSA) is 44.3 Å². The molecule has 1 aliphatic rings. The van der Waals surface area contributed by atoms with Gasteiger partial charge < -0.3 is 9.29 Å². The van der Waals surface area contributed by atoms with Crippen molar-refractivity contribution >= 4 is 11.4 Å². The summed E-state index contributed by atoms with van der Waals surface area (Å²) >= 11 is -1.00. The molecule has 1 saturated carbocycles. The second-order valence-corrected chi connectivity index (χ2v) is 8.75. The molecule has 4 heteroatoms. The Hall–Kier alpha value is -0.710. The first-order valence-electron chi connectivity index (χ1n) is 7.86. The van der Waals surface area contributed by atoms with Crippen LogP contribution in [-0.4, -0.2) is 21.9 Å². The van der Waals surface area contributed by atoms with Gasteiger partial charge in [-0.25, -0.2) is 0 Å². The van der Waals surface area contributed by atoms with E-state index in [-0.39, 0.29) is 4.75 Å². The van der Waals surface area contributed by atoms with Gasteiger partial charge in [-0.15, -0.1) is 4.72 Å². The summed E-state index contributed by atoms with van der Waals surface area (Å²) in [6.07, 6.45) is 6.18. The van der Waals surface area contributed by atoms with Crippen LogP contribution in [0.2, 0.25) is 0 Å². The Morgan fingerprint density at radius 1 is 1.29 bits per heavy atom. The molecule has 0 aromatic heterocycles. The summed E-state index contributed by atoms with van der Waals surface area (Å²) in [6.45, 7) is 6.65. The molecule has 1 N–H and O–H groups in total. The van der Waals surface area contributed by atoms with E-state index in [1.165, 1.54) is 31.2 Å². The Morgan fingerprint density at radius 2 is 2.00 bits per heavy atom. The quantitative estimate of drug-likeness (QED) is 0.817. The highest BCUT2D eigenvalue weighted by Crippen LogP contribution is 2.24. The van der Waals surface area contributed by atoms with E-state index in [0.29, 0.717) is 6.10 Å². The summed E-state index contributed by atoms with van der Waals surface area (Å²) in [4.78, 5) is 0. The van der Waals surface area contributed by atoms with Gasteiger partial charge in [-0.1, -0.05) is 12.1 Å². The molecule has 0 aliphatic heterocycles. The van der Waals surface area contributed by atoms with Crippen molar-refractivity contribution in [3.63, 3.8) is 0 Å². The average molecular weight is 309 g/mol. The van der Waals surface area contributed by atoms with E-state index in [9.17, 15) is 4.55 Å². The molecule has 0 amide bonds. The molecule has 3 nitrogen and oxygen atoms in total. The van der Waals surface area contributed by atoms with Gasteiger partial charge in [0.2, 0.25) is 0 Å². The maximum absolute atomic E-state index is 11.9. The molecule has 0 saturated heterocycles. The van der Waals surface area contributed by atoms with E-state index in [4.69, 9.17) is 4.74 Å². The zero-order valence-electron chi connectivity index (χ0n) is 13.4. The highest BCUT2D eigenvalue weighted by atomic mass is 32.2. The fourth-order valence-electron chi connectivity index (χ4n) is 2.48. The fraction of sp³-hybridized carbons (Fsp3) is 0.647. The van der Waals surface area contributed by atoms with Crippen molar-refractivity contribution in [2.75, 3.05) is 6.54 Å². The van der Waals surface area contributed by atoms with Crippen LogP contribution in [0.1, 0.15) is 52.0 Å². The third-order valence-electron chi connectivity index (χ3n) is 3.71. The van der Waals surface area contributed by atoms with Crippen LogP contribution in [0.5, 0.6) is 5.75 Å². The number of hydrogen-bond acceptors (Lipinski definition) is 3. The summed E-state index contributed by atoms with van der Waals surface area (Å²) in [5, 5.41) is 0. The van der Waals surface area contributed by atoms with Crippen LogP contribution in [0.4, 0.5) is 0 Å². The van der Waals surface area contributed by atoms with Crippen molar-refractivity contribution in [3.8, 4) is 5.75 Å². The van der Waals surface area contributed by atoms with Crippen molar-refractivity contribution in [1.29, 1.82) is 0 Å². The molecule has 1 unspecified atom stereocenters. The summed E-state index contributed by atoms with van der Waals surface area (Å²) in [5.74, 6) is 0.969. The molecular weight excluding hydrogens is 282 g/mol. The molecule has 1 aromatic carbocycles. The third-order valence-corrected chi connectivity index (χ3v) is 5.29. The van der Waals surface area contributed by atoms with Crippen LogP contribution in [-0.2, 0) is 17.8 Å². The predicted octanol–water partition coefficient (Wildman–Crippen LogP) is 3.60. The summed E-state index contributed by atoms with van der Waals surface area (Å²) in [5.41, 5.74) is 1.23. The van der Waals surface area contributed by atoms with Crippen LogP contribution in [0, 0.1) is 0 Å². The van der Waals surface area contributed by atoms with Crippen LogP contribution in [0.15, 0.2) is 24.3 Å². The van der Waals surface area contributed by atoms with Crippen molar-refractivity contribution < 1.29 is 9.29 Å². The van der Waals surface area contributed by atoms with E-state index in [1.54, 1.807) is 0 Å². The van der Waals surface area contributed by atoms with Gasteiger partial charge in [-0.05, 0) is 70.6 Å². The first-order chi connectivity index (χ1) is 9.95. The SMILES string of the molecule is CC(C)(C)[S+]([O-])NCCc1cccc(OC2CCCC2)c1. The second kappa shape index (κ2) is 7.52. The van der Waals surface area contributed by atoms with Gasteiger partial charge in [0, 0.05) is 17.9 Å². The maximum atomic E-state index is 11.9. The molecule has 21 heavy (non-hydrogen) atoms. The first-order valence-corrected chi connectivity index (χ1v) is 9.01. The lowest BCUT2D eigenvalue weighted by Gasteiger charge is -2.23. The molecule has 1 aromatic rings. The van der Waals surface area contributed by atoms with E-state index < -0.39 is 11.4 Å². The standard InChI is InChI=1S/C17H27NO2S/c1-17(2,3)21(19)18-12-11-14-7-6-10-16(13-14)20-15-8-4-5-9-15/h6-7,10,13,15,18H,4-5,8-9,11-12H2,1-3H3. The fourth-order valence-corrected chi connectivity index (χ4v) is 3.20. The Kier molecular flexibility index (Phi) is 5.97. The molecule has 1 atom stereocenters. The third kappa shape index (κ3) is 5.53. The number of benzene rings is 1. The molecule has 0 spiro atoms. The minimum absolute atomic E-state index is 0.215. The lowest BCUT2D eigenvalue weighted by Crippen LogP contribution is -2.40. The minimum atomic E-state index is -1.00. The van der Waals surface area contributed by atoms with Gasteiger partial charge in [0.1, 0.15) is 10.5 Å². The molecule has 1 aliphatic carbocycles. The maximum Gasteiger partial charge on any atom is 0.136 e. The van der Waals surface area contributed by atoms with Crippen LogP contribution < -0.4 is 9.46 Å². The van der Waals surface area contributed by atoms with Crippen molar-refractivity contribution in [1.82, 2.24) is 4.72 Å². The Balaban J connectivity index is 1.80. The van der Waals surface area contributed by atoms with Gasteiger partial charge in [0.15, 0.2) is 0 Å². The number of ether oxygens (including phenoxy) is 1. The van der Waals surface area contributed by atoms with Crippen molar-refractivity contribution in [2.24, 2.45) is 0 Å². The second-order valence-electron chi connectivity index (χ2n) is 6.70. The van der Waals surface area contributed by atoms with Gasteiger partial charge in [-0.2, -0.15) is 0 Å². The highest BCUT2D eigenvalue weighted by molar-refractivity contribution is 7.90. The molecule has 1 fully saturated rings. The van der Waals surface area contributed by atoms with E-state index in [1.807, 2.05) is 32.9 Å². The Morgan fingerprint density at radius 3 is 2.67 bits per heavy atom. The Bertz CT molecular complexity index is 439. The lowest BCUT2D eigenvalue weighted by atomic mass is 10.1. The summed E-state index contributed by atoms with van der Waals surface area (Å²) in [7, 11) is 0. The lowest BCUT2D eigenvalue weighted by molar-refractivity contribution is 0.210. The zero-order chi connectivity index (χ0) is 15.3. The van der Waals surface area contributed by atoms with E-state index >= 15 is 0 Å². The molecule has 0 heterocycles. The van der Waals surface area contributed by atoms with Crippen LogP contribution in [0.25, 0.3) is 0 Å². The molecule has 0 radical (unpaired) electrons. The normalized spacial score (nSPS) is 17.9. The van der Waals surface area contributed by atoms with E-state index in [2.05, 4.69) is 16.9 Å². The minimum Gasteiger partial charge on any atom is -0.598 e. The van der Waals surface area contributed by atoms with E-state index in [0.717, 1.165) is 18.7 Å². The molecule has 0 bridgehead atoms. The molecule has 118 valence electrons. The molecule has 2 rings (SSSR count). The van der Waals surface area contributed by atoms with Crippen LogP contribution >= 0.6 is 0 Å². The highest BCUT2D eigenvalue weighted by Gasteiger charge is 2.25.